The van der Waals surface area contributed by atoms with Gasteiger partial charge in [-0.05, 0) is 49.4 Å². The monoisotopic (exact) mass is 436 g/mol. The van der Waals surface area contributed by atoms with E-state index in [0.717, 1.165) is 12.1 Å². The topological polar surface area (TPSA) is 50.4 Å². The molecule has 0 saturated carbocycles. The molecule has 8 heteroatoms. The largest absolute Gasteiger partial charge is 0.457 e. The maximum absolute atomic E-state index is 12.9. The maximum Gasteiger partial charge on any atom is 0.417 e. The summed E-state index contributed by atoms with van der Waals surface area (Å²) in [7, 11) is 0. The number of carbonyl (C=O) groups is 1. The lowest BCUT2D eigenvalue weighted by atomic mass is 10.2. The number of benzene rings is 2. The van der Waals surface area contributed by atoms with E-state index >= 15 is 0 Å². The minimum Gasteiger partial charge on any atom is -0.457 e. The van der Waals surface area contributed by atoms with E-state index in [9.17, 15) is 18.0 Å². The molecule has 0 spiro atoms. The summed E-state index contributed by atoms with van der Waals surface area (Å²) in [4.78, 5) is 12.1. The molecule has 0 aromatic heterocycles. The molecule has 30 heavy (non-hydrogen) atoms. The first-order valence-corrected chi connectivity index (χ1v) is 9.24. The number of hydrogen-bond acceptors (Lipinski definition) is 3. The molecule has 0 fully saturated rings. The first-order valence-electron chi connectivity index (χ1n) is 8.86. The van der Waals surface area contributed by atoms with Crippen molar-refractivity contribution < 1.29 is 22.7 Å². The van der Waals surface area contributed by atoms with Gasteiger partial charge in [0, 0.05) is 17.4 Å². The van der Waals surface area contributed by atoms with Gasteiger partial charge < -0.3 is 15.4 Å². The van der Waals surface area contributed by atoms with Crippen molar-refractivity contribution in [2.45, 2.75) is 13.1 Å². The molecular weight excluding hydrogens is 417 g/mol. The Labute approximate surface area is 177 Å². The van der Waals surface area contributed by atoms with Gasteiger partial charge in [-0.1, -0.05) is 36.4 Å². The number of alkyl halides is 3. The second kappa shape index (κ2) is 10.5. The highest BCUT2D eigenvalue weighted by molar-refractivity contribution is 6.31. The molecule has 2 aromatic rings. The molecular formula is C22H20ClF3N2O2. The number of rotatable bonds is 8. The van der Waals surface area contributed by atoms with Crippen LogP contribution >= 0.6 is 11.6 Å². The molecule has 4 nitrogen and oxygen atoms in total. The molecule has 0 aliphatic heterocycles. The summed E-state index contributed by atoms with van der Waals surface area (Å²) in [6, 6.07) is 10.1. The molecule has 0 heterocycles. The molecule has 1 amide bonds. The third-order valence-electron chi connectivity index (χ3n) is 3.73. The van der Waals surface area contributed by atoms with Gasteiger partial charge in [-0.25, -0.2) is 0 Å². The second-order valence-corrected chi connectivity index (χ2v) is 6.43. The summed E-state index contributed by atoms with van der Waals surface area (Å²) in [6.07, 6.45) is 2.37. The molecule has 2 aromatic carbocycles. The van der Waals surface area contributed by atoms with Crippen molar-refractivity contribution in [1.82, 2.24) is 0 Å². The van der Waals surface area contributed by atoms with Crippen molar-refractivity contribution in [3.8, 4) is 5.75 Å². The quantitative estimate of drug-likeness (QED) is 0.370. The Balaban J connectivity index is 1.99. The number of nitrogens with one attached hydrogen (secondary N) is 2. The van der Waals surface area contributed by atoms with Gasteiger partial charge in [0.2, 0.25) is 5.91 Å². The van der Waals surface area contributed by atoms with Gasteiger partial charge in [-0.2, -0.15) is 13.2 Å². The fourth-order valence-electron chi connectivity index (χ4n) is 2.35. The van der Waals surface area contributed by atoms with Crippen LogP contribution < -0.4 is 15.4 Å². The predicted molar refractivity (Wildman–Crippen MR) is 114 cm³/mol. The first kappa shape index (κ1) is 23.1. The first-order chi connectivity index (χ1) is 14.2. The zero-order valence-corrected chi connectivity index (χ0v) is 16.8. The summed E-state index contributed by atoms with van der Waals surface area (Å²) < 4.78 is 44.5. The average Bonchev–Trinajstić information content (AvgIpc) is 2.70. The third-order valence-corrected chi connectivity index (χ3v) is 4.06. The second-order valence-electron chi connectivity index (χ2n) is 6.02. The fourth-order valence-corrected chi connectivity index (χ4v) is 2.57. The summed E-state index contributed by atoms with van der Waals surface area (Å²) in [5.74, 6) is 0.561. The van der Waals surface area contributed by atoms with E-state index in [1.165, 1.54) is 6.07 Å². The van der Waals surface area contributed by atoms with E-state index < -0.39 is 22.7 Å². The number of anilines is 2. The molecule has 0 aliphatic carbocycles. The minimum absolute atomic E-state index is 0.000324. The van der Waals surface area contributed by atoms with Crippen LogP contribution in [-0.2, 0) is 11.0 Å². The van der Waals surface area contributed by atoms with E-state index in [2.05, 4.69) is 17.2 Å². The van der Waals surface area contributed by atoms with Crippen LogP contribution in [0.25, 0.3) is 0 Å². The van der Waals surface area contributed by atoms with Crippen LogP contribution in [0.5, 0.6) is 5.75 Å². The number of allylic oxidation sites excluding steroid dienone is 4. The Bertz CT molecular complexity index is 969. The van der Waals surface area contributed by atoms with Crippen molar-refractivity contribution in [2.75, 3.05) is 17.2 Å². The van der Waals surface area contributed by atoms with E-state index in [0.29, 0.717) is 17.2 Å². The Hall–Kier alpha value is -3.19. The van der Waals surface area contributed by atoms with Crippen LogP contribution in [0.15, 0.2) is 79.1 Å². The Morgan fingerprint density at radius 3 is 2.63 bits per heavy atom. The van der Waals surface area contributed by atoms with E-state index in [1.54, 1.807) is 36.4 Å². The molecule has 0 aliphatic rings. The van der Waals surface area contributed by atoms with E-state index in [4.69, 9.17) is 16.3 Å². The van der Waals surface area contributed by atoms with Crippen molar-refractivity contribution in [3.05, 3.63) is 89.7 Å². The Morgan fingerprint density at radius 1 is 1.20 bits per heavy atom. The number of ether oxygens (including phenoxy) is 1. The van der Waals surface area contributed by atoms with Crippen molar-refractivity contribution in [3.63, 3.8) is 0 Å². The summed E-state index contributed by atoms with van der Waals surface area (Å²) in [5.41, 5.74) is -0.409. The Morgan fingerprint density at radius 2 is 1.97 bits per heavy atom. The van der Waals surface area contributed by atoms with Crippen LogP contribution in [0.3, 0.4) is 0 Å². The fraction of sp³-hybridized carbons (Fsp3) is 0.136. The molecule has 0 saturated heterocycles. The number of amides is 1. The van der Waals surface area contributed by atoms with Crippen molar-refractivity contribution >= 4 is 28.9 Å². The molecule has 0 atom stereocenters. The SMILES string of the molecule is C=C/C(=C\C=C/C)Oc1cccc(NCC(=O)Nc2ccc(Cl)c(C(F)(F)F)c2)c1. The smallest absolute Gasteiger partial charge is 0.417 e. The zero-order valence-electron chi connectivity index (χ0n) is 16.1. The van der Waals surface area contributed by atoms with Gasteiger partial charge in [0.15, 0.2) is 0 Å². The summed E-state index contributed by atoms with van der Waals surface area (Å²) >= 11 is 5.58. The molecule has 158 valence electrons. The highest BCUT2D eigenvalue weighted by Gasteiger charge is 2.33. The van der Waals surface area contributed by atoms with Gasteiger partial charge in [0.05, 0.1) is 17.1 Å². The third kappa shape index (κ3) is 7.00. The summed E-state index contributed by atoms with van der Waals surface area (Å²) in [6.45, 7) is 5.40. The maximum atomic E-state index is 12.9. The highest BCUT2D eigenvalue weighted by Crippen LogP contribution is 2.36. The Kier molecular flexibility index (Phi) is 8.12. The zero-order chi connectivity index (χ0) is 22.1. The lowest BCUT2D eigenvalue weighted by molar-refractivity contribution is -0.137. The van der Waals surface area contributed by atoms with Gasteiger partial charge in [0.1, 0.15) is 11.5 Å². The lowest BCUT2D eigenvalue weighted by Crippen LogP contribution is -2.22. The lowest BCUT2D eigenvalue weighted by Gasteiger charge is -2.13. The van der Waals surface area contributed by atoms with Crippen LogP contribution in [0.4, 0.5) is 24.5 Å². The molecule has 2 N–H and O–H groups in total. The van der Waals surface area contributed by atoms with Gasteiger partial charge in [-0.3, -0.25) is 4.79 Å². The number of carbonyl (C=O) groups excluding carboxylic acids is 1. The van der Waals surface area contributed by atoms with Gasteiger partial charge in [-0.15, -0.1) is 0 Å². The van der Waals surface area contributed by atoms with E-state index in [1.807, 2.05) is 19.1 Å². The normalized spacial score (nSPS) is 12.0. The van der Waals surface area contributed by atoms with E-state index in [-0.39, 0.29) is 12.2 Å². The molecule has 0 unspecified atom stereocenters. The number of halogens is 4. The highest BCUT2D eigenvalue weighted by atomic mass is 35.5. The van der Waals surface area contributed by atoms with Crippen LogP contribution in [0.1, 0.15) is 12.5 Å². The molecule has 0 radical (unpaired) electrons. The minimum atomic E-state index is -4.61. The van der Waals surface area contributed by atoms with Crippen molar-refractivity contribution in [2.24, 2.45) is 0 Å². The van der Waals surface area contributed by atoms with Gasteiger partial charge in [0.25, 0.3) is 0 Å². The van der Waals surface area contributed by atoms with Crippen LogP contribution in [0, 0.1) is 0 Å². The molecule has 2 rings (SSSR count). The van der Waals surface area contributed by atoms with Crippen LogP contribution in [0.2, 0.25) is 5.02 Å². The average molecular weight is 437 g/mol. The predicted octanol–water partition coefficient (Wildman–Crippen LogP) is 6.43. The van der Waals surface area contributed by atoms with Crippen LogP contribution in [-0.4, -0.2) is 12.5 Å². The molecule has 0 bridgehead atoms. The standard InChI is InChI=1S/C22H20ClF3N2O2/c1-3-5-8-17(4-2)30-18-9-6-7-15(12-18)27-14-21(29)28-16-10-11-20(23)19(13-16)22(24,25)26/h3-13,27H,2,14H2,1H3,(H,28,29)/b5-3-,17-8+. The summed E-state index contributed by atoms with van der Waals surface area (Å²) in [5, 5.41) is 4.87. The van der Waals surface area contributed by atoms with Crippen molar-refractivity contribution in [1.29, 1.82) is 0 Å². The number of hydrogen-bond donors (Lipinski definition) is 2. The van der Waals surface area contributed by atoms with Gasteiger partial charge >= 0.3 is 6.18 Å².